The number of nitrogens with zero attached hydrogens (tertiary/aromatic N) is 6. The molecule has 0 bridgehead atoms. The lowest BCUT2D eigenvalue weighted by Crippen LogP contribution is -2.49. The number of benzene rings is 1. The Morgan fingerprint density at radius 1 is 1.00 bits per heavy atom. The highest BCUT2D eigenvalue weighted by molar-refractivity contribution is 5.94. The van der Waals surface area contributed by atoms with Crippen LogP contribution in [0, 0.1) is 11.3 Å². The predicted octanol–water partition coefficient (Wildman–Crippen LogP) is 2.45. The first-order valence-electron chi connectivity index (χ1n) is 9.27. The number of piperazine rings is 1. The number of amides is 1. The lowest BCUT2D eigenvalue weighted by atomic mass is 10.2. The number of hydrogen-bond donors (Lipinski definition) is 1. The molecule has 3 aromatic rings. The van der Waals surface area contributed by atoms with E-state index in [0.717, 1.165) is 5.69 Å². The number of nitriles is 1. The van der Waals surface area contributed by atoms with E-state index in [9.17, 15) is 4.79 Å². The Morgan fingerprint density at radius 3 is 2.48 bits per heavy atom. The molecule has 1 fully saturated rings. The third kappa shape index (κ3) is 4.30. The largest absolute Gasteiger partial charge is 0.340 e. The van der Waals surface area contributed by atoms with Gasteiger partial charge in [0.25, 0.3) is 5.91 Å². The van der Waals surface area contributed by atoms with E-state index in [1.165, 1.54) is 0 Å². The molecular weight excluding hydrogens is 366 g/mol. The maximum absolute atomic E-state index is 12.8. The summed E-state index contributed by atoms with van der Waals surface area (Å²) in [6.45, 7) is 2.60. The molecule has 8 heteroatoms. The summed E-state index contributed by atoms with van der Waals surface area (Å²) in [5, 5.41) is 12.1. The van der Waals surface area contributed by atoms with Gasteiger partial charge >= 0.3 is 0 Å². The molecule has 8 nitrogen and oxygen atoms in total. The number of aromatic nitrogens is 3. The van der Waals surface area contributed by atoms with E-state index in [0.29, 0.717) is 49.1 Å². The summed E-state index contributed by atoms with van der Waals surface area (Å²) in [4.78, 5) is 29.5. The van der Waals surface area contributed by atoms with Crippen molar-refractivity contribution in [2.45, 2.75) is 0 Å². The van der Waals surface area contributed by atoms with Gasteiger partial charge in [-0.15, -0.1) is 0 Å². The molecule has 0 spiro atoms. The van der Waals surface area contributed by atoms with Crippen molar-refractivity contribution in [2.24, 2.45) is 0 Å². The first-order valence-corrected chi connectivity index (χ1v) is 9.27. The average molecular weight is 385 g/mol. The number of carbonyl (C=O) groups excluding carboxylic acids is 1. The summed E-state index contributed by atoms with van der Waals surface area (Å²) in [6, 6.07) is 14.6. The van der Waals surface area contributed by atoms with Gasteiger partial charge in [0.1, 0.15) is 5.82 Å². The van der Waals surface area contributed by atoms with Crippen LogP contribution >= 0.6 is 0 Å². The van der Waals surface area contributed by atoms with Crippen molar-refractivity contribution < 1.29 is 4.79 Å². The summed E-state index contributed by atoms with van der Waals surface area (Å²) in [7, 11) is 0. The van der Waals surface area contributed by atoms with Crippen LogP contribution in [0.5, 0.6) is 0 Å². The maximum atomic E-state index is 12.8. The van der Waals surface area contributed by atoms with Crippen LogP contribution in [0.15, 0.2) is 61.1 Å². The lowest BCUT2D eigenvalue weighted by Gasteiger charge is -2.34. The van der Waals surface area contributed by atoms with Gasteiger partial charge < -0.3 is 15.1 Å². The molecule has 1 N–H and O–H groups in total. The zero-order chi connectivity index (χ0) is 20.1. The molecule has 1 saturated heterocycles. The Balaban J connectivity index is 1.36. The SMILES string of the molecule is N#Cc1cccc(Nc2ccc(C(=O)N3CCN(c4ncccn4)CC3)cn2)c1. The summed E-state index contributed by atoms with van der Waals surface area (Å²) >= 11 is 0. The van der Waals surface area contributed by atoms with E-state index in [2.05, 4.69) is 31.2 Å². The van der Waals surface area contributed by atoms with Crippen molar-refractivity contribution >= 4 is 23.4 Å². The molecule has 1 amide bonds. The molecule has 2 aromatic heterocycles. The summed E-state index contributed by atoms with van der Waals surface area (Å²) in [6.07, 6.45) is 5.01. The fourth-order valence-electron chi connectivity index (χ4n) is 3.16. The Morgan fingerprint density at radius 2 is 1.79 bits per heavy atom. The molecule has 1 aliphatic heterocycles. The molecular formula is C21H19N7O. The van der Waals surface area contributed by atoms with Crippen molar-refractivity contribution in [3.63, 3.8) is 0 Å². The van der Waals surface area contributed by atoms with Crippen LogP contribution < -0.4 is 10.2 Å². The lowest BCUT2D eigenvalue weighted by molar-refractivity contribution is 0.0746. The Hall–Kier alpha value is -3.99. The van der Waals surface area contributed by atoms with Crippen LogP contribution in [0.25, 0.3) is 0 Å². The second-order valence-electron chi connectivity index (χ2n) is 6.58. The monoisotopic (exact) mass is 385 g/mol. The molecule has 0 aliphatic carbocycles. The van der Waals surface area contributed by atoms with Crippen LogP contribution in [0.2, 0.25) is 0 Å². The van der Waals surface area contributed by atoms with Crippen LogP contribution in [-0.4, -0.2) is 51.9 Å². The van der Waals surface area contributed by atoms with Gasteiger partial charge in [-0.25, -0.2) is 15.0 Å². The van der Waals surface area contributed by atoms with E-state index >= 15 is 0 Å². The smallest absolute Gasteiger partial charge is 0.255 e. The highest BCUT2D eigenvalue weighted by Crippen LogP contribution is 2.17. The van der Waals surface area contributed by atoms with Gasteiger partial charge in [0.15, 0.2) is 0 Å². The maximum Gasteiger partial charge on any atom is 0.255 e. The highest BCUT2D eigenvalue weighted by Gasteiger charge is 2.23. The number of nitrogens with one attached hydrogen (secondary N) is 1. The summed E-state index contributed by atoms with van der Waals surface area (Å²) in [5.41, 5.74) is 1.89. The third-order valence-corrected chi connectivity index (χ3v) is 4.68. The molecule has 4 rings (SSSR count). The van der Waals surface area contributed by atoms with Gasteiger partial charge in [-0.2, -0.15) is 5.26 Å². The minimum Gasteiger partial charge on any atom is -0.340 e. The third-order valence-electron chi connectivity index (χ3n) is 4.68. The van der Waals surface area contributed by atoms with Gasteiger partial charge in [0, 0.05) is 50.5 Å². The van der Waals surface area contributed by atoms with Crippen LogP contribution in [-0.2, 0) is 0 Å². The Kier molecular flexibility index (Phi) is 5.29. The van der Waals surface area contributed by atoms with E-state index in [4.69, 9.17) is 5.26 Å². The van der Waals surface area contributed by atoms with Crippen molar-refractivity contribution in [2.75, 3.05) is 36.4 Å². The standard InChI is InChI=1S/C21H19N7O/c22-14-16-3-1-4-18(13-16)26-19-6-5-17(15-25-19)20(29)27-9-11-28(12-10-27)21-23-7-2-8-24-21/h1-8,13,15H,9-12H2,(H,25,26). The minimum atomic E-state index is -0.0378. The van der Waals surface area contributed by atoms with Crippen LogP contribution in [0.1, 0.15) is 15.9 Å². The minimum absolute atomic E-state index is 0.0378. The van der Waals surface area contributed by atoms with E-state index in [1.807, 2.05) is 11.0 Å². The van der Waals surface area contributed by atoms with Crippen LogP contribution in [0.4, 0.5) is 17.5 Å². The number of carbonyl (C=O) groups is 1. The summed E-state index contributed by atoms with van der Waals surface area (Å²) < 4.78 is 0. The topological polar surface area (TPSA) is 98.0 Å². The molecule has 0 radical (unpaired) electrons. The van der Waals surface area contributed by atoms with E-state index in [1.54, 1.807) is 55.0 Å². The Bertz CT molecular complexity index is 1020. The van der Waals surface area contributed by atoms with Crippen molar-refractivity contribution in [1.29, 1.82) is 5.26 Å². The second-order valence-corrected chi connectivity index (χ2v) is 6.58. The zero-order valence-electron chi connectivity index (χ0n) is 15.7. The van der Waals surface area contributed by atoms with Crippen molar-refractivity contribution in [1.82, 2.24) is 19.9 Å². The predicted molar refractivity (Wildman–Crippen MR) is 109 cm³/mol. The zero-order valence-corrected chi connectivity index (χ0v) is 15.7. The van der Waals surface area contributed by atoms with Crippen molar-refractivity contribution in [3.05, 3.63) is 72.2 Å². The van der Waals surface area contributed by atoms with Crippen LogP contribution in [0.3, 0.4) is 0 Å². The molecule has 3 heterocycles. The Labute approximate surface area is 168 Å². The van der Waals surface area contributed by atoms with E-state index in [-0.39, 0.29) is 5.91 Å². The molecule has 0 saturated carbocycles. The second kappa shape index (κ2) is 8.35. The molecule has 1 aromatic carbocycles. The fourth-order valence-corrected chi connectivity index (χ4v) is 3.16. The first kappa shape index (κ1) is 18.4. The molecule has 1 aliphatic rings. The molecule has 144 valence electrons. The number of hydrogen-bond acceptors (Lipinski definition) is 7. The molecule has 0 unspecified atom stereocenters. The normalized spacial score (nSPS) is 13.6. The molecule has 29 heavy (non-hydrogen) atoms. The first-order chi connectivity index (χ1) is 14.2. The number of pyridine rings is 1. The molecule has 0 atom stereocenters. The van der Waals surface area contributed by atoms with Gasteiger partial charge in [-0.3, -0.25) is 4.79 Å². The summed E-state index contributed by atoms with van der Waals surface area (Å²) in [5.74, 6) is 1.27. The number of rotatable bonds is 4. The van der Waals surface area contributed by atoms with Gasteiger partial charge in [-0.05, 0) is 36.4 Å². The quantitative estimate of drug-likeness (QED) is 0.736. The van der Waals surface area contributed by atoms with Gasteiger partial charge in [0.2, 0.25) is 5.95 Å². The highest BCUT2D eigenvalue weighted by atomic mass is 16.2. The van der Waals surface area contributed by atoms with Gasteiger partial charge in [-0.1, -0.05) is 6.07 Å². The number of anilines is 3. The van der Waals surface area contributed by atoms with Gasteiger partial charge in [0.05, 0.1) is 17.2 Å². The average Bonchev–Trinajstić information content (AvgIpc) is 2.80. The van der Waals surface area contributed by atoms with Crippen molar-refractivity contribution in [3.8, 4) is 6.07 Å². The van der Waals surface area contributed by atoms with E-state index < -0.39 is 0 Å². The fraction of sp³-hybridized carbons (Fsp3) is 0.190.